The molecular weight excluding hydrogens is 520 g/mol. The second-order valence-electron chi connectivity index (χ2n) is 9.89. The van der Waals surface area contributed by atoms with Crippen molar-refractivity contribution in [2.45, 2.75) is 5.92 Å². The Morgan fingerprint density at radius 1 is 1.05 bits per heavy atom. The summed E-state index contributed by atoms with van der Waals surface area (Å²) in [5.74, 6) is -1.16. The summed E-state index contributed by atoms with van der Waals surface area (Å²) in [5, 5.41) is 5.66. The summed E-state index contributed by atoms with van der Waals surface area (Å²) in [6.07, 6.45) is 4.85. The van der Waals surface area contributed by atoms with E-state index in [0.29, 0.717) is 41.3 Å². The van der Waals surface area contributed by atoms with E-state index in [1.165, 1.54) is 0 Å². The first kappa shape index (κ1) is 26.1. The highest BCUT2D eigenvalue weighted by Gasteiger charge is 2.30. The van der Waals surface area contributed by atoms with E-state index < -0.39 is 5.92 Å². The normalized spacial score (nSPS) is 16.5. The minimum absolute atomic E-state index is 0.197. The van der Waals surface area contributed by atoms with Gasteiger partial charge in [-0.05, 0) is 60.2 Å². The third kappa shape index (κ3) is 5.50. The molecule has 0 aliphatic carbocycles. The van der Waals surface area contributed by atoms with Crippen molar-refractivity contribution in [1.82, 2.24) is 9.55 Å². The van der Waals surface area contributed by atoms with Gasteiger partial charge in [-0.15, -0.1) is 0 Å². The van der Waals surface area contributed by atoms with Gasteiger partial charge in [0.25, 0.3) is 5.91 Å². The van der Waals surface area contributed by atoms with Gasteiger partial charge in [-0.1, -0.05) is 12.1 Å². The van der Waals surface area contributed by atoms with Gasteiger partial charge in [0.15, 0.2) is 11.6 Å². The monoisotopic (exact) mass is 548 g/mol. The standard InChI is InChI=1S/C31H28N6O4/c1-36-12-11-32-29(36)31(40)34-23-4-2-3-20(17-23)28(38)21-5-10-27-25(18-21)26(30(39)35-27)19-33-22-6-8-24(9-7-22)37-13-15-41-16-14-37/h2-12,17-19,26H,13-16H2,1H3,(H,34,40)(H,35,39). The van der Waals surface area contributed by atoms with Crippen LogP contribution < -0.4 is 15.5 Å². The topological polar surface area (TPSA) is 118 Å². The molecule has 1 atom stereocenters. The first-order valence-corrected chi connectivity index (χ1v) is 13.3. The quantitative estimate of drug-likeness (QED) is 0.264. The van der Waals surface area contributed by atoms with Crippen molar-refractivity contribution in [1.29, 1.82) is 0 Å². The fourth-order valence-corrected chi connectivity index (χ4v) is 4.98. The van der Waals surface area contributed by atoms with Crippen molar-refractivity contribution in [2.24, 2.45) is 12.0 Å². The molecule has 1 fully saturated rings. The molecule has 0 spiro atoms. The fraction of sp³-hybridized carbons (Fsp3) is 0.194. The maximum atomic E-state index is 13.4. The summed E-state index contributed by atoms with van der Waals surface area (Å²) in [6.45, 7) is 3.14. The number of aryl methyl sites for hydroxylation is 1. The number of amides is 2. The van der Waals surface area contributed by atoms with Crippen LogP contribution in [0.1, 0.15) is 38.0 Å². The van der Waals surface area contributed by atoms with E-state index in [1.807, 2.05) is 24.3 Å². The Morgan fingerprint density at radius 2 is 1.83 bits per heavy atom. The van der Waals surface area contributed by atoms with Gasteiger partial charge in [0.1, 0.15) is 5.92 Å². The number of fused-ring (bicyclic) bond motifs is 1. The summed E-state index contributed by atoms with van der Waals surface area (Å²) in [4.78, 5) is 49.6. The molecule has 2 aliphatic rings. The Balaban J connectivity index is 1.18. The number of carbonyl (C=O) groups is 3. The van der Waals surface area contributed by atoms with Crippen LogP contribution >= 0.6 is 0 Å². The van der Waals surface area contributed by atoms with E-state index in [2.05, 4.69) is 25.5 Å². The average Bonchev–Trinajstić information content (AvgIpc) is 3.58. The molecular formula is C31H28N6O4. The minimum atomic E-state index is -0.625. The molecule has 1 aromatic heterocycles. The van der Waals surface area contributed by atoms with Crippen molar-refractivity contribution in [3.05, 3.63) is 102 Å². The number of rotatable bonds is 7. The third-order valence-electron chi connectivity index (χ3n) is 7.19. The van der Waals surface area contributed by atoms with Crippen LogP contribution in [0.5, 0.6) is 0 Å². The zero-order chi connectivity index (χ0) is 28.3. The van der Waals surface area contributed by atoms with Crippen LogP contribution in [0.4, 0.5) is 22.7 Å². The lowest BCUT2D eigenvalue weighted by Crippen LogP contribution is -2.36. The predicted molar refractivity (Wildman–Crippen MR) is 156 cm³/mol. The smallest absolute Gasteiger partial charge is 0.291 e. The molecule has 3 aromatic carbocycles. The molecule has 2 aliphatic heterocycles. The Kier molecular flexibility index (Phi) is 7.13. The van der Waals surface area contributed by atoms with Crippen LogP contribution in [0.25, 0.3) is 0 Å². The zero-order valence-corrected chi connectivity index (χ0v) is 22.4. The lowest BCUT2D eigenvalue weighted by Gasteiger charge is -2.28. The number of imidazole rings is 1. The summed E-state index contributed by atoms with van der Waals surface area (Å²) < 4.78 is 7.04. The molecule has 206 valence electrons. The maximum absolute atomic E-state index is 13.4. The highest BCUT2D eigenvalue weighted by Crippen LogP contribution is 2.33. The number of anilines is 3. The van der Waals surface area contributed by atoms with E-state index in [9.17, 15) is 14.4 Å². The average molecular weight is 549 g/mol. The van der Waals surface area contributed by atoms with E-state index in [4.69, 9.17) is 4.74 Å². The second-order valence-corrected chi connectivity index (χ2v) is 9.89. The van der Waals surface area contributed by atoms with Crippen LogP contribution in [-0.2, 0) is 16.6 Å². The highest BCUT2D eigenvalue weighted by molar-refractivity contribution is 6.15. The van der Waals surface area contributed by atoms with Crippen molar-refractivity contribution in [3.8, 4) is 0 Å². The van der Waals surface area contributed by atoms with Crippen molar-refractivity contribution in [3.63, 3.8) is 0 Å². The summed E-state index contributed by atoms with van der Waals surface area (Å²) >= 11 is 0. The Hall–Kier alpha value is -5.09. The highest BCUT2D eigenvalue weighted by atomic mass is 16.5. The first-order chi connectivity index (χ1) is 20.0. The molecule has 1 unspecified atom stereocenters. The van der Waals surface area contributed by atoms with Crippen LogP contribution in [0.2, 0.25) is 0 Å². The fourth-order valence-electron chi connectivity index (χ4n) is 4.98. The molecule has 2 N–H and O–H groups in total. The number of ether oxygens (including phenoxy) is 1. The number of hydrogen-bond acceptors (Lipinski definition) is 7. The largest absolute Gasteiger partial charge is 0.378 e. The number of aliphatic imine (C=N–C) groups is 1. The maximum Gasteiger partial charge on any atom is 0.291 e. The van der Waals surface area contributed by atoms with Crippen LogP contribution in [0, 0.1) is 0 Å². The summed E-state index contributed by atoms with van der Waals surface area (Å²) in [6, 6.07) is 19.8. The van der Waals surface area contributed by atoms with E-state index in [-0.39, 0.29) is 23.4 Å². The Labute approximate surface area is 236 Å². The van der Waals surface area contributed by atoms with Gasteiger partial charge in [-0.2, -0.15) is 0 Å². The SMILES string of the molecule is Cn1ccnc1C(=O)Nc1cccc(C(=O)c2ccc3c(c2)C(C=Nc2ccc(N4CCOCC4)cc2)C(=O)N3)c1. The molecule has 3 heterocycles. The molecule has 0 bridgehead atoms. The lowest BCUT2D eigenvalue weighted by molar-refractivity contribution is -0.115. The van der Waals surface area contributed by atoms with Gasteiger partial charge in [-0.3, -0.25) is 19.4 Å². The summed E-state index contributed by atoms with van der Waals surface area (Å²) in [5.41, 5.74) is 4.51. The van der Waals surface area contributed by atoms with Crippen LogP contribution in [-0.4, -0.2) is 59.7 Å². The molecule has 6 rings (SSSR count). The third-order valence-corrected chi connectivity index (χ3v) is 7.19. The van der Waals surface area contributed by atoms with Gasteiger partial charge in [0.05, 0.1) is 18.9 Å². The van der Waals surface area contributed by atoms with Crippen LogP contribution in [0.15, 0.2) is 84.1 Å². The minimum Gasteiger partial charge on any atom is -0.378 e. The van der Waals surface area contributed by atoms with Gasteiger partial charge in [0.2, 0.25) is 5.91 Å². The lowest BCUT2D eigenvalue weighted by atomic mass is 9.96. The Morgan fingerprint density at radius 3 is 2.59 bits per heavy atom. The number of nitrogens with zero attached hydrogens (tertiary/aromatic N) is 4. The molecule has 0 saturated carbocycles. The summed E-state index contributed by atoms with van der Waals surface area (Å²) in [7, 11) is 1.73. The van der Waals surface area contributed by atoms with E-state index in [0.717, 1.165) is 24.5 Å². The van der Waals surface area contributed by atoms with Gasteiger partial charge >= 0.3 is 0 Å². The van der Waals surface area contributed by atoms with Gasteiger partial charge < -0.3 is 24.8 Å². The molecule has 1 saturated heterocycles. The number of ketones is 1. The number of nitrogens with one attached hydrogen (secondary N) is 2. The van der Waals surface area contributed by atoms with Gasteiger partial charge in [0, 0.05) is 66.9 Å². The van der Waals surface area contributed by atoms with Crippen LogP contribution in [0.3, 0.4) is 0 Å². The first-order valence-electron chi connectivity index (χ1n) is 13.3. The molecule has 2 amide bonds. The van der Waals surface area contributed by atoms with Gasteiger partial charge in [-0.25, -0.2) is 4.98 Å². The molecule has 0 radical (unpaired) electrons. The van der Waals surface area contributed by atoms with Crippen molar-refractivity contribution < 1.29 is 19.1 Å². The number of carbonyl (C=O) groups excluding carboxylic acids is 3. The van der Waals surface area contributed by atoms with Crippen molar-refractivity contribution >= 4 is 46.6 Å². The molecule has 10 nitrogen and oxygen atoms in total. The predicted octanol–water partition coefficient (Wildman–Crippen LogP) is 4.18. The number of benzene rings is 3. The van der Waals surface area contributed by atoms with E-state index in [1.54, 1.807) is 72.7 Å². The zero-order valence-electron chi connectivity index (χ0n) is 22.4. The molecule has 4 aromatic rings. The van der Waals surface area contributed by atoms with Crippen molar-refractivity contribution in [2.75, 3.05) is 41.8 Å². The second kappa shape index (κ2) is 11.2. The molecule has 10 heteroatoms. The number of aromatic nitrogens is 2. The Bertz CT molecular complexity index is 1650. The van der Waals surface area contributed by atoms with E-state index >= 15 is 0 Å². The molecule has 41 heavy (non-hydrogen) atoms. The number of hydrogen-bond donors (Lipinski definition) is 2. The number of morpholine rings is 1.